The molecule has 18 heavy (non-hydrogen) atoms. The van der Waals surface area contributed by atoms with Crippen molar-refractivity contribution < 1.29 is 9.84 Å². The van der Waals surface area contributed by atoms with Crippen molar-refractivity contribution in [1.29, 1.82) is 0 Å². The smallest absolute Gasteiger partial charge is 0.0584 e. The molecule has 3 heteroatoms. The van der Waals surface area contributed by atoms with Crippen molar-refractivity contribution in [3.8, 4) is 0 Å². The van der Waals surface area contributed by atoms with Gasteiger partial charge in [0.15, 0.2) is 0 Å². The van der Waals surface area contributed by atoms with E-state index in [4.69, 9.17) is 4.74 Å². The number of nitrogens with one attached hydrogen (secondary N) is 1. The first-order valence-corrected chi connectivity index (χ1v) is 6.48. The summed E-state index contributed by atoms with van der Waals surface area (Å²) in [5.41, 5.74) is 2.54. The second-order valence-electron chi connectivity index (χ2n) is 6.33. The van der Waals surface area contributed by atoms with Crippen LogP contribution in [0.4, 0.5) is 5.69 Å². The van der Waals surface area contributed by atoms with Crippen LogP contribution in [0.15, 0.2) is 24.3 Å². The zero-order chi connectivity index (χ0) is 13.2. The van der Waals surface area contributed by atoms with Crippen LogP contribution in [-0.2, 0) is 10.2 Å². The molecule has 1 saturated heterocycles. The summed E-state index contributed by atoms with van der Waals surface area (Å²) in [6.45, 7) is 8.87. The van der Waals surface area contributed by atoms with Crippen molar-refractivity contribution >= 4 is 5.69 Å². The summed E-state index contributed by atoms with van der Waals surface area (Å²) in [6.07, 6.45) is 0. The summed E-state index contributed by atoms with van der Waals surface area (Å²) in [7, 11) is 0. The summed E-state index contributed by atoms with van der Waals surface area (Å²) < 4.78 is 5.18. The summed E-state index contributed by atoms with van der Waals surface area (Å²) in [6, 6.07) is 8.52. The van der Waals surface area contributed by atoms with Crippen LogP contribution in [0.25, 0.3) is 0 Å². The molecule has 2 N–H and O–H groups in total. The highest BCUT2D eigenvalue weighted by molar-refractivity contribution is 5.46. The molecule has 0 spiro atoms. The van der Waals surface area contributed by atoms with Crippen LogP contribution in [-0.4, -0.2) is 31.5 Å². The van der Waals surface area contributed by atoms with Crippen LogP contribution in [0.1, 0.15) is 26.3 Å². The fourth-order valence-electron chi connectivity index (χ4n) is 2.02. The van der Waals surface area contributed by atoms with Crippen molar-refractivity contribution in [3.63, 3.8) is 0 Å². The quantitative estimate of drug-likeness (QED) is 0.861. The third kappa shape index (κ3) is 2.85. The van der Waals surface area contributed by atoms with Gasteiger partial charge in [-0.3, -0.25) is 0 Å². The molecule has 0 saturated carbocycles. The predicted octanol–water partition coefficient (Wildman–Crippen LogP) is 2.40. The molecule has 0 radical (unpaired) electrons. The highest BCUT2D eigenvalue weighted by Gasteiger charge is 2.37. The van der Waals surface area contributed by atoms with Crippen LogP contribution in [0.3, 0.4) is 0 Å². The van der Waals surface area contributed by atoms with Gasteiger partial charge in [0.2, 0.25) is 0 Å². The molecule has 1 aromatic rings. The highest BCUT2D eigenvalue weighted by atomic mass is 16.5. The van der Waals surface area contributed by atoms with Crippen molar-refractivity contribution in [3.05, 3.63) is 29.8 Å². The molecule has 0 aromatic heterocycles. The molecule has 100 valence electrons. The molecule has 0 unspecified atom stereocenters. The Balaban J connectivity index is 1.94. The molecule has 1 heterocycles. The third-order valence-electron chi connectivity index (χ3n) is 3.57. The predicted molar refractivity (Wildman–Crippen MR) is 74.0 cm³/mol. The van der Waals surface area contributed by atoms with E-state index in [-0.39, 0.29) is 17.4 Å². The van der Waals surface area contributed by atoms with E-state index in [0.717, 1.165) is 12.2 Å². The van der Waals surface area contributed by atoms with Gasteiger partial charge in [-0.1, -0.05) is 32.9 Å². The fourth-order valence-corrected chi connectivity index (χ4v) is 2.02. The molecule has 1 aliphatic rings. The summed E-state index contributed by atoms with van der Waals surface area (Å²) in [5, 5.41) is 12.7. The Hall–Kier alpha value is -1.06. The van der Waals surface area contributed by atoms with Gasteiger partial charge in [-0.25, -0.2) is 0 Å². The highest BCUT2D eigenvalue weighted by Crippen LogP contribution is 2.28. The lowest BCUT2D eigenvalue weighted by atomic mass is 9.86. The van der Waals surface area contributed by atoms with Crippen molar-refractivity contribution in [1.82, 2.24) is 0 Å². The van der Waals surface area contributed by atoms with Gasteiger partial charge in [-0.05, 0) is 23.1 Å². The Morgan fingerprint density at radius 3 is 2.22 bits per heavy atom. The van der Waals surface area contributed by atoms with Gasteiger partial charge in [-0.15, -0.1) is 0 Å². The van der Waals surface area contributed by atoms with E-state index in [0.29, 0.717) is 13.2 Å². The molecule has 1 fully saturated rings. The second kappa shape index (κ2) is 4.90. The monoisotopic (exact) mass is 249 g/mol. The minimum Gasteiger partial charge on any atom is -0.396 e. The lowest BCUT2D eigenvalue weighted by Crippen LogP contribution is -2.50. The number of ether oxygens (including phenoxy) is 1. The first kappa shape index (κ1) is 13.4. The van der Waals surface area contributed by atoms with Crippen molar-refractivity contribution in [2.45, 2.75) is 26.2 Å². The van der Waals surface area contributed by atoms with E-state index >= 15 is 0 Å². The van der Waals surface area contributed by atoms with Crippen LogP contribution in [0, 0.1) is 5.41 Å². The minimum atomic E-state index is -0.0807. The standard InChI is InChI=1S/C15H23NO2/c1-14(2,3)12-4-6-13(7-5-12)16-8-15(9-17)10-18-11-15/h4-7,16-17H,8-11H2,1-3H3. The summed E-state index contributed by atoms with van der Waals surface area (Å²) in [4.78, 5) is 0. The lowest BCUT2D eigenvalue weighted by molar-refractivity contribution is -0.128. The summed E-state index contributed by atoms with van der Waals surface area (Å²) >= 11 is 0. The Labute approximate surface area is 109 Å². The van der Waals surface area contributed by atoms with E-state index in [1.54, 1.807) is 0 Å². The fraction of sp³-hybridized carbons (Fsp3) is 0.600. The molecule has 1 aromatic carbocycles. The number of anilines is 1. The van der Waals surface area contributed by atoms with Gasteiger partial charge >= 0.3 is 0 Å². The van der Waals surface area contributed by atoms with E-state index < -0.39 is 0 Å². The number of hydrogen-bond donors (Lipinski definition) is 2. The van der Waals surface area contributed by atoms with Crippen LogP contribution < -0.4 is 5.32 Å². The van der Waals surface area contributed by atoms with E-state index in [1.165, 1.54) is 5.56 Å². The molecule has 2 rings (SSSR count). The number of rotatable bonds is 4. The van der Waals surface area contributed by atoms with Gasteiger partial charge < -0.3 is 15.2 Å². The average molecular weight is 249 g/mol. The minimum absolute atomic E-state index is 0.0807. The molecule has 0 atom stereocenters. The zero-order valence-corrected chi connectivity index (χ0v) is 11.5. The first-order valence-electron chi connectivity index (χ1n) is 6.48. The van der Waals surface area contributed by atoms with Crippen LogP contribution in [0.5, 0.6) is 0 Å². The molecule has 0 amide bonds. The third-order valence-corrected chi connectivity index (χ3v) is 3.57. The van der Waals surface area contributed by atoms with Gasteiger partial charge in [-0.2, -0.15) is 0 Å². The maximum atomic E-state index is 9.35. The zero-order valence-electron chi connectivity index (χ0n) is 11.5. The van der Waals surface area contributed by atoms with E-state index in [9.17, 15) is 5.11 Å². The topological polar surface area (TPSA) is 41.5 Å². The maximum Gasteiger partial charge on any atom is 0.0584 e. The average Bonchev–Trinajstić information content (AvgIpc) is 2.28. The molecule has 3 nitrogen and oxygen atoms in total. The summed E-state index contributed by atoms with van der Waals surface area (Å²) in [5.74, 6) is 0. The SMILES string of the molecule is CC(C)(C)c1ccc(NCC2(CO)COC2)cc1. The molecular formula is C15H23NO2. The van der Waals surface area contributed by atoms with E-state index in [1.807, 2.05) is 0 Å². The van der Waals surface area contributed by atoms with Gasteiger partial charge in [0.05, 0.1) is 25.2 Å². The normalized spacial score (nSPS) is 18.2. The van der Waals surface area contributed by atoms with Crippen molar-refractivity contribution in [2.24, 2.45) is 5.41 Å². The lowest BCUT2D eigenvalue weighted by Gasteiger charge is -2.40. The Kier molecular flexibility index (Phi) is 3.64. The van der Waals surface area contributed by atoms with Gasteiger partial charge in [0.1, 0.15) is 0 Å². The Morgan fingerprint density at radius 1 is 1.22 bits per heavy atom. The van der Waals surface area contributed by atoms with Crippen molar-refractivity contribution in [2.75, 3.05) is 31.7 Å². The molecular weight excluding hydrogens is 226 g/mol. The van der Waals surface area contributed by atoms with Crippen LogP contribution in [0.2, 0.25) is 0 Å². The maximum absolute atomic E-state index is 9.35. The largest absolute Gasteiger partial charge is 0.396 e. The Bertz CT molecular complexity index is 382. The van der Waals surface area contributed by atoms with Crippen LogP contribution >= 0.6 is 0 Å². The number of aliphatic hydroxyl groups excluding tert-OH is 1. The second-order valence-corrected chi connectivity index (χ2v) is 6.33. The number of benzene rings is 1. The Morgan fingerprint density at radius 2 is 1.83 bits per heavy atom. The van der Waals surface area contributed by atoms with E-state index in [2.05, 4.69) is 50.4 Å². The number of hydrogen-bond acceptors (Lipinski definition) is 3. The number of aliphatic hydroxyl groups is 1. The molecule has 1 aliphatic heterocycles. The first-order chi connectivity index (χ1) is 8.45. The van der Waals surface area contributed by atoms with Gasteiger partial charge in [0.25, 0.3) is 0 Å². The molecule has 0 bridgehead atoms. The molecule has 0 aliphatic carbocycles. The van der Waals surface area contributed by atoms with Gasteiger partial charge in [0, 0.05) is 12.2 Å².